The third kappa shape index (κ3) is 2.19. The molecule has 0 N–H and O–H groups in total. The number of pyridine rings is 1. The zero-order valence-electron chi connectivity index (χ0n) is 13.6. The van der Waals surface area contributed by atoms with E-state index in [1.54, 1.807) is 11.1 Å². The van der Waals surface area contributed by atoms with E-state index in [1.165, 1.54) is 0 Å². The molecule has 0 saturated carbocycles. The first kappa shape index (κ1) is 14.6. The van der Waals surface area contributed by atoms with Crippen molar-refractivity contribution in [2.24, 2.45) is 4.99 Å². The molecule has 118 valence electrons. The number of hydrogen-bond donors (Lipinski definition) is 0. The maximum Gasteiger partial charge on any atom is 0.277 e. The first-order valence-corrected chi connectivity index (χ1v) is 8.01. The van der Waals surface area contributed by atoms with Gasteiger partial charge in [-0.25, -0.2) is 4.99 Å². The molecule has 0 aliphatic carbocycles. The Bertz CT molecular complexity index is 970. The van der Waals surface area contributed by atoms with Crippen molar-refractivity contribution in [2.75, 3.05) is 4.90 Å². The van der Waals surface area contributed by atoms with Crippen LogP contribution in [0.5, 0.6) is 0 Å². The standard InChI is InChI=1S/C20H17N3O/c1-13(2)23-18-9-4-3-7-16(18)19(20(23)24)22-17-8-5-6-14-12-21-11-10-15(14)17/h3-13H,1-2H3. The summed E-state index contributed by atoms with van der Waals surface area (Å²) in [6.07, 6.45) is 3.56. The minimum Gasteiger partial charge on any atom is -0.304 e. The quantitative estimate of drug-likeness (QED) is 0.714. The highest BCUT2D eigenvalue weighted by Crippen LogP contribution is 2.33. The van der Waals surface area contributed by atoms with Crippen LogP contribution in [0.25, 0.3) is 10.8 Å². The molecular formula is C20H17N3O. The molecule has 4 nitrogen and oxygen atoms in total. The number of para-hydroxylation sites is 1. The second-order valence-corrected chi connectivity index (χ2v) is 6.12. The zero-order valence-corrected chi connectivity index (χ0v) is 13.6. The highest BCUT2D eigenvalue weighted by molar-refractivity contribution is 6.55. The predicted molar refractivity (Wildman–Crippen MR) is 97.0 cm³/mol. The van der Waals surface area contributed by atoms with E-state index >= 15 is 0 Å². The van der Waals surface area contributed by atoms with Crippen molar-refractivity contribution in [3.8, 4) is 0 Å². The fraction of sp³-hybridized carbons (Fsp3) is 0.150. The summed E-state index contributed by atoms with van der Waals surface area (Å²) in [7, 11) is 0. The van der Waals surface area contributed by atoms with E-state index in [0.29, 0.717) is 5.71 Å². The molecule has 4 rings (SSSR count). The van der Waals surface area contributed by atoms with E-state index in [1.807, 2.05) is 68.6 Å². The lowest BCUT2D eigenvalue weighted by molar-refractivity contribution is -0.112. The maximum absolute atomic E-state index is 12.9. The van der Waals surface area contributed by atoms with Gasteiger partial charge in [-0.2, -0.15) is 0 Å². The van der Waals surface area contributed by atoms with E-state index in [9.17, 15) is 4.79 Å². The second-order valence-electron chi connectivity index (χ2n) is 6.12. The SMILES string of the molecule is CC(C)N1C(=O)C(=Nc2cccc3cnccc23)c2ccccc21. The van der Waals surface area contributed by atoms with Gasteiger partial charge in [0.25, 0.3) is 5.91 Å². The third-order valence-corrected chi connectivity index (χ3v) is 4.25. The van der Waals surface area contributed by atoms with Gasteiger partial charge in [-0.3, -0.25) is 9.78 Å². The van der Waals surface area contributed by atoms with Crippen LogP contribution in [0.3, 0.4) is 0 Å². The number of nitrogens with zero attached hydrogens (tertiary/aromatic N) is 3. The summed E-state index contributed by atoms with van der Waals surface area (Å²) in [5.74, 6) is -0.0442. The number of carbonyl (C=O) groups is 1. The molecular weight excluding hydrogens is 298 g/mol. The Kier molecular flexibility index (Phi) is 3.38. The van der Waals surface area contributed by atoms with Gasteiger partial charge in [-0.05, 0) is 32.0 Å². The number of aliphatic imine (C=N–C) groups is 1. The first-order chi connectivity index (χ1) is 11.7. The minimum absolute atomic E-state index is 0.0442. The van der Waals surface area contributed by atoms with Gasteiger partial charge in [-0.15, -0.1) is 0 Å². The molecule has 0 atom stereocenters. The number of anilines is 1. The lowest BCUT2D eigenvalue weighted by atomic mass is 10.1. The number of rotatable bonds is 2. The van der Waals surface area contributed by atoms with E-state index in [4.69, 9.17) is 4.99 Å². The van der Waals surface area contributed by atoms with Gasteiger partial charge in [0.05, 0.1) is 11.4 Å². The molecule has 0 saturated heterocycles. The Balaban J connectivity index is 1.92. The predicted octanol–water partition coefficient (Wildman–Crippen LogP) is 4.11. The molecule has 1 amide bonds. The molecule has 0 radical (unpaired) electrons. The highest BCUT2D eigenvalue weighted by Gasteiger charge is 2.35. The van der Waals surface area contributed by atoms with Crippen molar-refractivity contribution in [1.82, 2.24) is 4.98 Å². The molecule has 2 heterocycles. The van der Waals surface area contributed by atoms with Crippen molar-refractivity contribution in [3.05, 3.63) is 66.5 Å². The fourth-order valence-corrected chi connectivity index (χ4v) is 3.17. The molecule has 0 unspecified atom stereocenters. The van der Waals surface area contributed by atoms with Gasteiger partial charge in [0.2, 0.25) is 0 Å². The number of benzene rings is 2. The molecule has 0 bridgehead atoms. The topological polar surface area (TPSA) is 45.6 Å². The van der Waals surface area contributed by atoms with E-state index in [0.717, 1.165) is 27.7 Å². The summed E-state index contributed by atoms with van der Waals surface area (Å²) >= 11 is 0. The van der Waals surface area contributed by atoms with Crippen molar-refractivity contribution < 1.29 is 4.79 Å². The van der Waals surface area contributed by atoms with Crippen molar-refractivity contribution in [2.45, 2.75) is 19.9 Å². The average molecular weight is 315 g/mol. The number of carbonyl (C=O) groups excluding carboxylic acids is 1. The molecule has 1 aliphatic heterocycles. The molecule has 4 heteroatoms. The van der Waals surface area contributed by atoms with Crippen LogP contribution < -0.4 is 4.90 Å². The van der Waals surface area contributed by atoms with Gasteiger partial charge in [-0.1, -0.05) is 30.3 Å². The molecule has 2 aromatic carbocycles. The maximum atomic E-state index is 12.9. The average Bonchev–Trinajstić information content (AvgIpc) is 2.87. The van der Waals surface area contributed by atoms with Gasteiger partial charge in [0.15, 0.2) is 0 Å². The lowest BCUT2D eigenvalue weighted by Gasteiger charge is -2.20. The van der Waals surface area contributed by atoms with Gasteiger partial charge in [0, 0.05) is 34.8 Å². The van der Waals surface area contributed by atoms with Crippen molar-refractivity contribution >= 4 is 33.8 Å². The lowest BCUT2D eigenvalue weighted by Crippen LogP contribution is -2.35. The van der Waals surface area contributed by atoms with Crippen LogP contribution in [0.2, 0.25) is 0 Å². The molecule has 24 heavy (non-hydrogen) atoms. The van der Waals surface area contributed by atoms with Crippen LogP contribution in [0.4, 0.5) is 11.4 Å². The fourth-order valence-electron chi connectivity index (χ4n) is 3.17. The molecule has 0 spiro atoms. The number of amides is 1. The summed E-state index contributed by atoms with van der Waals surface area (Å²) in [6.45, 7) is 4.03. The van der Waals surface area contributed by atoms with E-state index < -0.39 is 0 Å². The number of hydrogen-bond acceptors (Lipinski definition) is 3. The summed E-state index contributed by atoms with van der Waals surface area (Å²) in [5.41, 5.74) is 3.11. The van der Waals surface area contributed by atoms with E-state index in [-0.39, 0.29) is 11.9 Å². The summed E-state index contributed by atoms with van der Waals surface area (Å²) < 4.78 is 0. The van der Waals surface area contributed by atoms with Crippen LogP contribution >= 0.6 is 0 Å². The molecule has 1 aliphatic rings. The third-order valence-electron chi connectivity index (χ3n) is 4.25. The molecule has 3 aromatic rings. The van der Waals surface area contributed by atoms with Gasteiger partial charge < -0.3 is 4.90 Å². The minimum atomic E-state index is -0.0442. The molecule has 0 fully saturated rings. The van der Waals surface area contributed by atoms with Crippen LogP contribution in [-0.2, 0) is 4.79 Å². The summed E-state index contributed by atoms with van der Waals surface area (Å²) in [5, 5.41) is 2.01. The van der Waals surface area contributed by atoms with Gasteiger partial charge >= 0.3 is 0 Å². The normalized spacial score (nSPS) is 15.5. The largest absolute Gasteiger partial charge is 0.304 e. The van der Waals surface area contributed by atoms with Crippen LogP contribution in [0, 0.1) is 0 Å². The monoisotopic (exact) mass is 315 g/mol. The Morgan fingerprint density at radius 1 is 1.04 bits per heavy atom. The van der Waals surface area contributed by atoms with Crippen LogP contribution in [0.1, 0.15) is 19.4 Å². The van der Waals surface area contributed by atoms with E-state index in [2.05, 4.69) is 4.98 Å². The summed E-state index contributed by atoms with van der Waals surface area (Å²) in [4.78, 5) is 23.6. The number of fused-ring (bicyclic) bond motifs is 2. The first-order valence-electron chi connectivity index (χ1n) is 8.01. The van der Waals surface area contributed by atoms with Crippen LogP contribution in [0.15, 0.2) is 65.9 Å². The zero-order chi connectivity index (χ0) is 16.7. The van der Waals surface area contributed by atoms with Crippen molar-refractivity contribution in [3.63, 3.8) is 0 Å². The van der Waals surface area contributed by atoms with Crippen LogP contribution in [-0.4, -0.2) is 22.6 Å². The second kappa shape index (κ2) is 5.57. The smallest absolute Gasteiger partial charge is 0.277 e. The number of aromatic nitrogens is 1. The summed E-state index contributed by atoms with van der Waals surface area (Å²) in [6, 6.07) is 15.7. The molecule has 1 aromatic heterocycles. The Morgan fingerprint density at radius 3 is 2.71 bits per heavy atom. The Hall–Kier alpha value is -3.01. The Labute approximate surface area is 140 Å². The van der Waals surface area contributed by atoms with Crippen molar-refractivity contribution in [1.29, 1.82) is 0 Å². The highest BCUT2D eigenvalue weighted by atomic mass is 16.2. The van der Waals surface area contributed by atoms with Gasteiger partial charge in [0.1, 0.15) is 5.71 Å². The Morgan fingerprint density at radius 2 is 1.88 bits per heavy atom.